The fourth-order valence-corrected chi connectivity index (χ4v) is 4.92. The fraction of sp³-hybridized carbons (Fsp3) is 0.722. The van der Waals surface area contributed by atoms with E-state index in [2.05, 4.69) is 4.98 Å². The largest absolute Gasteiger partial charge is 0.477 e. The monoisotopic (exact) mass is 571 g/mol. The highest BCUT2D eigenvalue weighted by molar-refractivity contribution is 7.47. The van der Waals surface area contributed by atoms with Gasteiger partial charge in [-0.2, -0.15) is 4.98 Å². The van der Waals surface area contributed by atoms with Crippen molar-refractivity contribution in [2.45, 2.75) is 67.2 Å². The molecule has 0 saturated carbocycles. The summed E-state index contributed by atoms with van der Waals surface area (Å²) in [6, 6.07) is -0.233. The molecule has 1 aromatic rings. The van der Waals surface area contributed by atoms with Crippen LogP contribution in [-0.4, -0.2) is 119 Å². The van der Waals surface area contributed by atoms with Crippen molar-refractivity contribution in [3.63, 3.8) is 0 Å². The number of phosphoric ester groups is 1. The zero-order valence-corrected chi connectivity index (χ0v) is 20.4. The van der Waals surface area contributed by atoms with Gasteiger partial charge in [0.2, 0.25) is 0 Å². The SMILES string of the molecule is NC[C@@H](O)[C@@H](O)C1O[C@](OP(=O)(O)OC[C@H]2O[C@@H](n3ccc(N)nc3=O)C(O)[C@H]2O)(C(=O)O)C[C@@H](O)[C@H]1N. The standard InChI is InChI=1S/C18H30N5O14P/c19-4-7(25)11(26)14-10(21)6(24)3-18(36-14,16(29)30)37-38(32,33)34-5-8-12(27)13(28)15(35-8)23-2-1-9(20)22-17(23)31/h1-2,6-8,10-15,24-28H,3-5,19,21H2,(H,29,30)(H,32,33)(H2,20,22,31)/t6-,7-,8-,10-,11-,12+,13?,14?,15-,18-/m1/s1. The molecule has 3 unspecified atom stereocenters. The molecule has 11 atom stereocenters. The molecule has 38 heavy (non-hydrogen) atoms. The molecular formula is C18H30N5O14P. The Morgan fingerprint density at radius 1 is 1.32 bits per heavy atom. The van der Waals surface area contributed by atoms with Crippen LogP contribution in [-0.2, 0) is 27.9 Å². The summed E-state index contributed by atoms with van der Waals surface area (Å²) >= 11 is 0. The van der Waals surface area contributed by atoms with Gasteiger partial charge < -0.3 is 62.2 Å². The van der Waals surface area contributed by atoms with Gasteiger partial charge >= 0.3 is 19.5 Å². The zero-order valence-electron chi connectivity index (χ0n) is 19.5. The van der Waals surface area contributed by atoms with Crippen LogP contribution < -0.4 is 22.9 Å². The number of carboxylic acid groups (broad SMARTS) is 1. The van der Waals surface area contributed by atoms with Crippen LogP contribution >= 0.6 is 7.82 Å². The number of aliphatic hydroxyl groups excluding tert-OH is 5. The molecule has 3 heterocycles. The van der Waals surface area contributed by atoms with Gasteiger partial charge in [0.25, 0.3) is 5.79 Å². The average molecular weight is 571 g/mol. The number of rotatable bonds is 10. The Kier molecular flexibility index (Phi) is 9.26. The van der Waals surface area contributed by atoms with Crippen LogP contribution in [0, 0.1) is 0 Å². The number of nitrogens with zero attached hydrogens (tertiary/aromatic N) is 2. The van der Waals surface area contributed by atoms with Crippen LogP contribution in [0.25, 0.3) is 0 Å². The van der Waals surface area contributed by atoms with Crippen molar-refractivity contribution < 1.29 is 63.4 Å². The Morgan fingerprint density at radius 2 is 1.97 bits per heavy atom. The molecule has 2 aliphatic rings. The third-order valence-electron chi connectivity index (χ3n) is 6.05. The Morgan fingerprint density at radius 3 is 2.55 bits per heavy atom. The number of aromatic nitrogens is 2. The van der Waals surface area contributed by atoms with E-state index in [4.69, 9.17) is 35.7 Å². The molecule has 0 aliphatic carbocycles. The third kappa shape index (κ3) is 6.20. The number of anilines is 1. The van der Waals surface area contributed by atoms with Crippen molar-refractivity contribution in [1.82, 2.24) is 9.55 Å². The molecule has 13 N–H and O–H groups in total. The summed E-state index contributed by atoms with van der Waals surface area (Å²) in [6.07, 6.45) is -13.5. The quantitative estimate of drug-likeness (QED) is 0.117. The van der Waals surface area contributed by atoms with E-state index in [9.17, 15) is 49.7 Å². The smallest absolute Gasteiger partial charge is 0.475 e. The lowest BCUT2D eigenvalue weighted by Crippen LogP contribution is -2.66. The third-order valence-corrected chi connectivity index (χ3v) is 7.05. The summed E-state index contributed by atoms with van der Waals surface area (Å²) < 4.78 is 33.5. The number of aliphatic carboxylic acids is 1. The molecule has 20 heteroatoms. The molecule has 19 nitrogen and oxygen atoms in total. The van der Waals surface area contributed by atoms with Crippen LogP contribution in [0.3, 0.4) is 0 Å². The maximum absolute atomic E-state index is 12.7. The summed E-state index contributed by atoms with van der Waals surface area (Å²) in [6.45, 7) is -1.46. The molecule has 0 radical (unpaired) electrons. The Balaban J connectivity index is 1.74. The van der Waals surface area contributed by atoms with Crippen molar-refractivity contribution in [1.29, 1.82) is 0 Å². The van der Waals surface area contributed by atoms with Crippen LogP contribution in [0.4, 0.5) is 5.82 Å². The summed E-state index contributed by atoms with van der Waals surface area (Å²) in [4.78, 5) is 37.7. The van der Waals surface area contributed by atoms with Gasteiger partial charge in [0.15, 0.2) is 6.23 Å². The minimum atomic E-state index is -5.42. The van der Waals surface area contributed by atoms with E-state index in [-0.39, 0.29) is 5.82 Å². The molecule has 2 fully saturated rings. The van der Waals surface area contributed by atoms with Crippen molar-refractivity contribution in [2.24, 2.45) is 11.5 Å². The number of phosphoric acid groups is 1. The highest BCUT2D eigenvalue weighted by Gasteiger charge is 2.58. The van der Waals surface area contributed by atoms with Gasteiger partial charge in [-0.25, -0.2) is 18.7 Å². The molecule has 0 amide bonds. The molecule has 3 rings (SSSR count). The summed E-state index contributed by atoms with van der Waals surface area (Å²) in [5.41, 5.74) is 15.5. The first kappa shape index (κ1) is 30.4. The van der Waals surface area contributed by atoms with Gasteiger partial charge in [-0.15, -0.1) is 0 Å². The van der Waals surface area contributed by atoms with Gasteiger partial charge in [-0.3, -0.25) is 9.09 Å². The number of carbonyl (C=O) groups is 1. The molecule has 2 saturated heterocycles. The van der Waals surface area contributed by atoms with E-state index in [1.165, 1.54) is 6.07 Å². The number of aliphatic hydroxyl groups is 5. The first-order valence-corrected chi connectivity index (χ1v) is 12.6. The second kappa shape index (κ2) is 11.6. The van der Waals surface area contributed by atoms with Gasteiger partial charge in [0.1, 0.15) is 36.3 Å². The van der Waals surface area contributed by atoms with E-state index in [0.717, 1.165) is 10.8 Å². The maximum Gasteiger partial charge on any atom is 0.475 e. The van der Waals surface area contributed by atoms with Gasteiger partial charge in [0, 0.05) is 19.2 Å². The van der Waals surface area contributed by atoms with Crippen molar-refractivity contribution in [3.8, 4) is 0 Å². The second-order valence-corrected chi connectivity index (χ2v) is 10.1. The Labute approximate surface area is 213 Å². The van der Waals surface area contributed by atoms with Crippen LogP contribution in [0.2, 0.25) is 0 Å². The Hall–Kier alpha value is -2.10. The minimum Gasteiger partial charge on any atom is -0.477 e. The Bertz CT molecular complexity index is 1110. The highest BCUT2D eigenvalue weighted by Crippen LogP contribution is 2.51. The normalized spacial score (nSPS) is 36.9. The van der Waals surface area contributed by atoms with Crippen LogP contribution in [0.5, 0.6) is 0 Å². The fourth-order valence-electron chi connectivity index (χ4n) is 3.96. The predicted molar refractivity (Wildman–Crippen MR) is 121 cm³/mol. The molecule has 0 aromatic carbocycles. The van der Waals surface area contributed by atoms with E-state index in [1.54, 1.807) is 0 Å². The van der Waals surface area contributed by atoms with E-state index in [1.807, 2.05) is 0 Å². The molecule has 0 bridgehead atoms. The first-order valence-electron chi connectivity index (χ1n) is 11.1. The van der Waals surface area contributed by atoms with E-state index >= 15 is 0 Å². The molecule has 1 aromatic heterocycles. The number of ether oxygens (including phenoxy) is 2. The van der Waals surface area contributed by atoms with Crippen molar-refractivity contribution >= 4 is 19.6 Å². The second-order valence-electron chi connectivity index (χ2n) is 8.73. The van der Waals surface area contributed by atoms with E-state index < -0.39 is 99.8 Å². The maximum atomic E-state index is 12.7. The van der Waals surface area contributed by atoms with Gasteiger partial charge in [-0.05, 0) is 6.07 Å². The number of hydrogen-bond acceptors (Lipinski definition) is 16. The minimum absolute atomic E-state index is 0.117. The van der Waals surface area contributed by atoms with Crippen molar-refractivity contribution in [2.75, 3.05) is 18.9 Å². The number of nitrogens with two attached hydrogens (primary N) is 3. The zero-order chi connectivity index (χ0) is 28.6. The predicted octanol–water partition coefficient (Wildman–Crippen LogP) is -5.48. The molecule has 2 aliphatic heterocycles. The molecule has 0 spiro atoms. The van der Waals surface area contributed by atoms with E-state index in [0.29, 0.717) is 0 Å². The molecule has 216 valence electrons. The van der Waals surface area contributed by atoms with Gasteiger partial charge in [0.05, 0.1) is 24.9 Å². The lowest BCUT2D eigenvalue weighted by molar-refractivity contribution is -0.285. The topological polar surface area (TPSA) is 326 Å². The van der Waals surface area contributed by atoms with Crippen LogP contribution in [0.15, 0.2) is 17.1 Å². The van der Waals surface area contributed by atoms with Crippen molar-refractivity contribution in [3.05, 3.63) is 22.7 Å². The summed E-state index contributed by atoms with van der Waals surface area (Å²) in [7, 11) is -5.42. The lowest BCUT2D eigenvalue weighted by Gasteiger charge is -2.45. The first-order chi connectivity index (χ1) is 17.6. The number of carboxylic acids is 1. The lowest BCUT2D eigenvalue weighted by atomic mass is 9.89. The van der Waals surface area contributed by atoms with Gasteiger partial charge in [-0.1, -0.05) is 0 Å². The summed E-state index contributed by atoms with van der Waals surface area (Å²) in [5, 5.41) is 60.6. The van der Waals surface area contributed by atoms with Crippen LogP contribution in [0.1, 0.15) is 12.6 Å². The number of nitrogen functional groups attached to an aromatic ring is 1. The summed E-state index contributed by atoms with van der Waals surface area (Å²) in [5.74, 6) is -5.21. The average Bonchev–Trinajstić information content (AvgIpc) is 3.12. The molecular weight excluding hydrogens is 541 g/mol. The highest BCUT2D eigenvalue weighted by atomic mass is 31.2. The number of hydrogen-bond donors (Lipinski definition) is 10.